The van der Waals surface area contributed by atoms with Crippen LogP contribution in [-0.4, -0.2) is 18.3 Å². The van der Waals surface area contributed by atoms with E-state index in [1.165, 1.54) is 35.1 Å². The Morgan fingerprint density at radius 1 is 1.29 bits per heavy atom. The van der Waals surface area contributed by atoms with Gasteiger partial charge in [-0.05, 0) is 65.7 Å². The number of halogens is 1. The summed E-state index contributed by atoms with van der Waals surface area (Å²) in [6, 6.07) is 9.24. The summed E-state index contributed by atoms with van der Waals surface area (Å²) in [5.74, 6) is 0.840. The van der Waals surface area contributed by atoms with E-state index in [4.69, 9.17) is 0 Å². The highest BCUT2D eigenvalue weighted by molar-refractivity contribution is 9.10. The SMILES string of the molecule is CCC(C)(C)C1CCC(NC)C(Sc2ccccc2Br)C1. The molecule has 0 aliphatic heterocycles. The zero-order chi connectivity index (χ0) is 15.5. The first-order chi connectivity index (χ1) is 9.97. The van der Waals surface area contributed by atoms with E-state index < -0.39 is 0 Å². The van der Waals surface area contributed by atoms with E-state index in [1.54, 1.807) is 0 Å². The third-order valence-corrected chi connectivity index (χ3v) is 7.68. The van der Waals surface area contributed by atoms with Crippen molar-refractivity contribution in [2.24, 2.45) is 11.3 Å². The molecule has 3 unspecified atom stereocenters. The molecule has 0 aromatic heterocycles. The Hall–Kier alpha value is 0.01000. The minimum absolute atomic E-state index is 0.464. The van der Waals surface area contributed by atoms with Gasteiger partial charge in [0, 0.05) is 20.7 Å². The second kappa shape index (κ2) is 7.52. The zero-order valence-corrected chi connectivity index (χ0v) is 16.1. The lowest BCUT2D eigenvalue weighted by molar-refractivity contribution is 0.142. The van der Waals surface area contributed by atoms with Crippen LogP contribution in [0.2, 0.25) is 0 Å². The Bertz CT molecular complexity index is 460. The van der Waals surface area contributed by atoms with Crippen molar-refractivity contribution >= 4 is 27.7 Å². The van der Waals surface area contributed by atoms with Crippen molar-refractivity contribution in [3.8, 4) is 0 Å². The van der Waals surface area contributed by atoms with Gasteiger partial charge in [0.1, 0.15) is 0 Å². The summed E-state index contributed by atoms with van der Waals surface area (Å²) in [5, 5.41) is 4.21. The van der Waals surface area contributed by atoms with Crippen molar-refractivity contribution in [2.75, 3.05) is 7.05 Å². The molecule has 0 bridgehead atoms. The molecular weight excluding hydrogens is 342 g/mol. The first kappa shape index (κ1) is 17.4. The van der Waals surface area contributed by atoms with Crippen LogP contribution in [-0.2, 0) is 0 Å². The number of hydrogen-bond acceptors (Lipinski definition) is 2. The second-order valence-corrected chi connectivity index (χ2v) is 8.97. The fraction of sp³-hybridized carbons (Fsp3) is 0.667. The maximum absolute atomic E-state index is 3.69. The predicted molar refractivity (Wildman–Crippen MR) is 98.0 cm³/mol. The van der Waals surface area contributed by atoms with E-state index in [-0.39, 0.29) is 0 Å². The minimum Gasteiger partial charge on any atom is -0.316 e. The molecule has 1 N–H and O–H groups in total. The van der Waals surface area contributed by atoms with Crippen molar-refractivity contribution in [1.82, 2.24) is 5.32 Å². The third kappa shape index (κ3) is 4.27. The van der Waals surface area contributed by atoms with Crippen molar-refractivity contribution in [1.29, 1.82) is 0 Å². The van der Waals surface area contributed by atoms with Crippen molar-refractivity contribution in [3.05, 3.63) is 28.7 Å². The molecule has 0 amide bonds. The van der Waals surface area contributed by atoms with Crippen molar-refractivity contribution < 1.29 is 0 Å². The fourth-order valence-corrected chi connectivity index (χ4v) is 5.29. The summed E-state index contributed by atoms with van der Waals surface area (Å²) >= 11 is 5.74. The molecule has 0 radical (unpaired) electrons. The fourth-order valence-electron chi connectivity index (χ4n) is 3.29. The summed E-state index contributed by atoms with van der Waals surface area (Å²) < 4.78 is 1.22. The van der Waals surface area contributed by atoms with Gasteiger partial charge in [0.15, 0.2) is 0 Å². The van der Waals surface area contributed by atoms with Gasteiger partial charge in [-0.2, -0.15) is 0 Å². The molecule has 0 heterocycles. The zero-order valence-electron chi connectivity index (χ0n) is 13.7. The molecule has 118 valence electrons. The van der Waals surface area contributed by atoms with Crippen LogP contribution < -0.4 is 5.32 Å². The summed E-state index contributed by atoms with van der Waals surface area (Å²) in [6.45, 7) is 7.22. The number of nitrogens with one attached hydrogen (secondary N) is 1. The van der Waals surface area contributed by atoms with Crippen LogP contribution in [0.5, 0.6) is 0 Å². The minimum atomic E-state index is 0.464. The van der Waals surface area contributed by atoms with Crippen LogP contribution in [0.4, 0.5) is 0 Å². The van der Waals surface area contributed by atoms with Gasteiger partial charge in [0.25, 0.3) is 0 Å². The summed E-state index contributed by atoms with van der Waals surface area (Å²) in [5.41, 5.74) is 0.464. The Morgan fingerprint density at radius 2 is 2.00 bits per heavy atom. The highest BCUT2D eigenvalue weighted by atomic mass is 79.9. The van der Waals surface area contributed by atoms with Crippen molar-refractivity contribution in [3.63, 3.8) is 0 Å². The molecule has 3 atom stereocenters. The van der Waals surface area contributed by atoms with E-state index >= 15 is 0 Å². The molecular formula is C18H28BrNS. The monoisotopic (exact) mass is 369 g/mol. The average Bonchev–Trinajstić information content (AvgIpc) is 2.49. The smallest absolute Gasteiger partial charge is 0.0311 e. The molecule has 2 rings (SSSR count). The Kier molecular flexibility index (Phi) is 6.22. The average molecular weight is 370 g/mol. The first-order valence-electron chi connectivity index (χ1n) is 8.06. The van der Waals surface area contributed by atoms with Gasteiger partial charge >= 0.3 is 0 Å². The summed E-state index contributed by atoms with van der Waals surface area (Å²) in [7, 11) is 2.11. The van der Waals surface area contributed by atoms with Gasteiger partial charge in [-0.1, -0.05) is 39.3 Å². The molecule has 3 heteroatoms. The Balaban J connectivity index is 2.12. The van der Waals surface area contributed by atoms with Gasteiger partial charge < -0.3 is 5.32 Å². The van der Waals surface area contributed by atoms with Gasteiger partial charge in [0.2, 0.25) is 0 Å². The molecule has 1 saturated carbocycles. The molecule has 1 aliphatic rings. The maximum Gasteiger partial charge on any atom is 0.0311 e. The van der Waals surface area contributed by atoms with Crippen LogP contribution >= 0.6 is 27.7 Å². The molecule has 0 saturated heterocycles. The second-order valence-electron chi connectivity index (χ2n) is 6.83. The topological polar surface area (TPSA) is 12.0 Å². The van der Waals surface area contributed by atoms with E-state index in [9.17, 15) is 0 Å². The summed E-state index contributed by atoms with van der Waals surface area (Å²) in [4.78, 5) is 1.37. The quantitative estimate of drug-likeness (QED) is 0.710. The normalized spacial score (nSPS) is 26.8. The first-order valence-corrected chi connectivity index (χ1v) is 9.73. The molecule has 0 spiro atoms. The highest BCUT2D eigenvalue weighted by Crippen LogP contribution is 2.45. The van der Waals surface area contributed by atoms with Gasteiger partial charge in [-0.15, -0.1) is 11.8 Å². The molecule has 1 nitrogen and oxygen atoms in total. The number of rotatable bonds is 5. The number of benzene rings is 1. The van der Waals surface area contributed by atoms with E-state index in [0.29, 0.717) is 16.7 Å². The van der Waals surface area contributed by atoms with Gasteiger partial charge in [-0.25, -0.2) is 0 Å². The van der Waals surface area contributed by atoms with E-state index in [1.807, 2.05) is 11.8 Å². The Morgan fingerprint density at radius 3 is 2.62 bits per heavy atom. The van der Waals surface area contributed by atoms with Crippen LogP contribution in [0.25, 0.3) is 0 Å². The lowest BCUT2D eigenvalue weighted by atomic mass is 9.68. The molecule has 1 aromatic carbocycles. The molecule has 1 aromatic rings. The largest absolute Gasteiger partial charge is 0.316 e. The molecule has 21 heavy (non-hydrogen) atoms. The van der Waals surface area contributed by atoms with Crippen LogP contribution in [0.3, 0.4) is 0 Å². The highest BCUT2D eigenvalue weighted by Gasteiger charge is 2.37. The Labute approximate surface area is 142 Å². The molecule has 1 aliphatic carbocycles. The van der Waals surface area contributed by atoms with Crippen LogP contribution in [0.15, 0.2) is 33.6 Å². The van der Waals surface area contributed by atoms with E-state index in [0.717, 1.165) is 5.92 Å². The van der Waals surface area contributed by atoms with Crippen LogP contribution in [0, 0.1) is 11.3 Å². The van der Waals surface area contributed by atoms with Crippen LogP contribution in [0.1, 0.15) is 46.5 Å². The third-order valence-electron chi connectivity index (χ3n) is 5.29. The summed E-state index contributed by atoms with van der Waals surface area (Å²) in [6.07, 6.45) is 5.25. The predicted octanol–water partition coefficient (Wildman–Crippen LogP) is 5.73. The maximum atomic E-state index is 3.69. The lowest BCUT2D eigenvalue weighted by Gasteiger charge is -2.43. The number of thioether (sulfide) groups is 1. The lowest BCUT2D eigenvalue weighted by Crippen LogP contribution is -2.43. The number of hydrogen-bond donors (Lipinski definition) is 1. The van der Waals surface area contributed by atoms with Gasteiger partial charge in [0.05, 0.1) is 0 Å². The standard InChI is InChI=1S/C18H28BrNS/c1-5-18(2,3)13-10-11-15(20-4)17(12-13)21-16-9-7-6-8-14(16)19/h6-9,13,15,17,20H,5,10-12H2,1-4H3. The van der Waals surface area contributed by atoms with E-state index in [2.05, 4.69) is 73.3 Å². The van der Waals surface area contributed by atoms with Gasteiger partial charge in [-0.3, -0.25) is 0 Å². The van der Waals surface area contributed by atoms with Crippen molar-refractivity contribution in [2.45, 2.75) is 62.6 Å². The molecule has 1 fully saturated rings.